The highest BCUT2D eigenvalue weighted by molar-refractivity contribution is 5.98. The number of unbranched alkanes of at least 4 members (excludes halogenated alkanes) is 3. The van der Waals surface area contributed by atoms with E-state index in [1.807, 2.05) is 53.2 Å². The number of para-hydroxylation sites is 2. The molecule has 1 saturated heterocycles. The van der Waals surface area contributed by atoms with Crippen molar-refractivity contribution >= 4 is 23.1 Å². The van der Waals surface area contributed by atoms with Gasteiger partial charge in [0.2, 0.25) is 5.91 Å². The zero-order valence-electron chi connectivity index (χ0n) is 24.1. The molecule has 9 nitrogen and oxygen atoms in total. The number of amides is 1. The molecule has 9 heteroatoms. The van der Waals surface area contributed by atoms with Gasteiger partial charge in [0.25, 0.3) is 0 Å². The maximum Gasteiger partial charge on any atom is 0.227 e. The van der Waals surface area contributed by atoms with Gasteiger partial charge in [-0.25, -0.2) is 0 Å². The van der Waals surface area contributed by atoms with Crippen molar-refractivity contribution in [2.24, 2.45) is 7.05 Å². The molecule has 0 unspecified atom stereocenters. The number of methoxy groups -OCH3 is 2. The van der Waals surface area contributed by atoms with Crippen LogP contribution in [-0.2, 0) is 24.9 Å². The van der Waals surface area contributed by atoms with Crippen molar-refractivity contribution in [1.29, 1.82) is 0 Å². The number of rotatable bonds is 11. The Kier molecular flexibility index (Phi) is 9.23. The maximum absolute atomic E-state index is 13.3. The number of aryl methyl sites for hydroxylation is 1. The van der Waals surface area contributed by atoms with Crippen molar-refractivity contribution in [3.8, 4) is 11.5 Å². The van der Waals surface area contributed by atoms with E-state index in [2.05, 4.69) is 32.3 Å². The molecule has 2 aliphatic heterocycles. The number of aromatic nitrogens is 2. The van der Waals surface area contributed by atoms with Crippen LogP contribution in [0.1, 0.15) is 43.2 Å². The van der Waals surface area contributed by atoms with E-state index in [-0.39, 0.29) is 5.91 Å². The Morgan fingerprint density at radius 1 is 0.925 bits per heavy atom. The van der Waals surface area contributed by atoms with E-state index in [4.69, 9.17) is 9.47 Å². The highest BCUT2D eigenvalue weighted by atomic mass is 16.5. The molecule has 3 heterocycles. The van der Waals surface area contributed by atoms with Crippen LogP contribution in [0, 0.1) is 0 Å². The molecule has 3 aromatic rings. The van der Waals surface area contributed by atoms with Gasteiger partial charge in [0.15, 0.2) is 0 Å². The van der Waals surface area contributed by atoms with Crippen LogP contribution < -0.4 is 19.7 Å². The van der Waals surface area contributed by atoms with Gasteiger partial charge in [0.1, 0.15) is 17.3 Å². The second-order valence-corrected chi connectivity index (χ2v) is 10.8. The van der Waals surface area contributed by atoms with Crippen LogP contribution in [0.15, 0.2) is 48.7 Å². The van der Waals surface area contributed by atoms with Crippen LogP contribution in [0.25, 0.3) is 0 Å². The van der Waals surface area contributed by atoms with E-state index < -0.39 is 0 Å². The number of carbonyl (C=O) groups excluding carboxylic acids is 1. The second kappa shape index (κ2) is 13.2. The quantitative estimate of drug-likeness (QED) is 0.347. The summed E-state index contributed by atoms with van der Waals surface area (Å²) >= 11 is 0. The van der Waals surface area contributed by atoms with Crippen molar-refractivity contribution in [3.63, 3.8) is 0 Å². The van der Waals surface area contributed by atoms with Gasteiger partial charge < -0.3 is 24.6 Å². The number of nitrogens with zero attached hydrogens (tertiary/aromatic N) is 5. The molecule has 2 aromatic carbocycles. The Hall–Kier alpha value is -3.56. The highest BCUT2D eigenvalue weighted by Crippen LogP contribution is 2.35. The Morgan fingerprint density at radius 3 is 2.38 bits per heavy atom. The smallest absolute Gasteiger partial charge is 0.227 e. The van der Waals surface area contributed by atoms with Gasteiger partial charge in [-0.05, 0) is 49.2 Å². The van der Waals surface area contributed by atoms with Crippen LogP contribution in [0.3, 0.4) is 0 Å². The summed E-state index contributed by atoms with van der Waals surface area (Å²) in [5.74, 6) is 2.80. The lowest BCUT2D eigenvalue weighted by Crippen LogP contribution is -2.46. The average Bonchev–Trinajstić information content (AvgIpc) is 3.22. The first-order valence-electron chi connectivity index (χ1n) is 14.4. The summed E-state index contributed by atoms with van der Waals surface area (Å²) in [5, 5.41) is 7.84. The Bertz CT molecular complexity index is 1260. The molecule has 0 spiro atoms. The number of carbonyl (C=O) groups is 1. The number of piperazine rings is 1. The summed E-state index contributed by atoms with van der Waals surface area (Å²) in [5.41, 5.74) is 4.14. The van der Waals surface area contributed by atoms with Crippen LogP contribution >= 0.6 is 0 Å². The molecule has 40 heavy (non-hydrogen) atoms. The Morgan fingerprint density at radius 2 is 1.62 bits per heavy atom. The topological polar surface area (TPSA) is 75.1 Å². The Labute approximate surface area is 237 Å². The first kappa shape index (κ1) is 28.0. The SMILES string of the molecule is COc1cc(CN2CCN(CCCCCCC(=O)N3Cc4cnn(C)c4Nc4ccccc43)CC2)cc(OC)c1. The predicted molar refractivity (Wildman–Crippen MR) is 158 cm³/mol. The van der Waals surface area contributed by atoms with Gasteiger partial charge in [-0.1, -0.05) is 25.0 Å². The van der Waals surface area contributed by atoms with Gasteiger partial charge >= 0.3 is 0 Å². The highest BCUT2D eigenvalue weighted by Gasteiger charge is 2.25. The summed E-state index contributed by atoms with van der Waals surface area (Å²) < 4.78 is 12.7. The molecule has 0 aliphatic carbocycles. The zero-order valence-corrected chi connectivity index (χ0v) is 24.1. The number of ether oxygens (including phenoxy) is 2. The number of nitrogens with one attached hydrogen (secondary N) is 1. The van der Waals surface area contributed by atoms with Crippen LogP contribution in [0.5, 0.6) is 11.5 Å². The number of fused-ring (bicyclic) bond motifs is 2. The van der Waals surface area contributed by atoms with Gasteiger partial charge in [-0.15, -0.1) is 0 Å². The zero-order chi connectivity index (χ0) is 27.9. The van der Waals surface area contributed by atoms with Crippen molar-refractivity contribution < 1.29 is 14.3 Å². The molecule has 5 rings (SSSR count). The van der Waals surface area contributed by atoms with Crippen LogP contribution in [-0.4, -0.2) is 72.4 Å². The van der Waals surface area contributed by atoms with Crippen molar-refractivity contribution in [3.05, 3.63) is 59.8 Å². The summed E-state index contributed by atoms with van der Waals surface area (Å²) in [4.78, 5) is 20.3. The number of anilines is 3. The van der Waals surface area contributed by atoms with Crippen molar-refractivity contribution in [2.75, 3.05) is 57.2 Å². The number of benzene rings is 2. The summed E-state index contributed by atoms with van der Waals surface area (Å²) in [6.45, 7) is 6.91. The molecular formula is C31H42N6O3. The monoisotopic (exact) mass is 546 g/mol. The molecule has 1 amide bonds. The van der Waals surface area contributed by atoms with Crippen molar-refractivity contribution in [2.45, 2.75) is 45.2 Å². The van der Waals surface area contributed by atoms with E-state index in [0.29, 0.717) is 13.0 Å². The lowest BCUT2D eigenvalue weighted by atomic mass is 10.1. The lowest BCUT2D eigenvalue weighted by Gasteiger charge is -2.34. The van der Waals surface area contributed by atoms with Crippen molar-refractivity contribution in [1.82, 2.24) is 19.6 Å². The second-order valence-electron chi connectivity index (χ2n) is 10.8. The van der Waals surface area contributed by atoms with Gasteiger partial charge in [0.05, 0.1) is 38.3 Å². The minimum absolute atomic E-state index is 0.177. The van der Waals surface area contributed by atoms with E-state index in [1.54, 1.807) is 14.2 Å². The molecule has 0 atom stereocenters. The molecule has 1 aromatic heterocycles. The molecule has 1 fully saturated rings. The van der Waals surface area contributed by atoms with E-state index in [0.717, 1.165) is 92.8 Å². The molecule has 0 bridgehead atoms. The first-order chi connectivity index (χ1) is 19.5. The largest absolute Gasteiger partial charge is 0.497 e. The minimum atomic E-state index is 0.177. The fourth-order valence-corrected chi connectivity index (χ4v) is 5.67. The first-order valence-corrected chi connectivity index (χ1v) is 14.4. The third-order valence-electron chi connectivity index (χ3n) is 7.99. The van der Waals surface area contributed by atoms with E-state index in [9.17, 15) is 4.79 Å². The van der Waals surface area contributed by atoms with Gasteiger partial charge in [-0.3, -0.25) is 14.4 Å². The number of hydrogen-bond donors (Lipinski definition) is 1. The summed E-state index contributed by atoms with van der Waals surface area (Å²) in [7, 11) is 5.31. The van der Waals surface area contributed by atoms with E-state index in [1.165, 1.54) is 12.0 Å². The molecule has 214 valence electrons. The normalized spacial score (nSPS) is 15.6. The van der Waals surface area contributed by atoms with Crippen LogP contribution in [0.4, 0.5) is 17.2 Å². The average molecular weight is 547 g/mol. The standard InChI is InChI=1S/C31H42N6O3/c1-34-31-25(21-32-34)23-37(29-11-8-7-10-28(29)33-31)30(38)12-6-4-5-9-13-35-14-16-36(17-15-35)22-24-18-26(39-2)20-27(19-24)40-3/h7-8,10-11,18-21,33H,4-6,9,12-17,22-23H2,1-3H3. The summed E-state index contributed by atoms with van der Waals surface area (Å²) in [6, 6.07) is 14.1. The molecule has 1 N–H and O–H groups in total. The fourth-order valence-electron chi connectivity index (χ4n) is 5.67. The van der Waals surface area contributed by atoms with Gasteiger partial charge in [0, 0.05) is 57.8 Å². The molecule has 0 radical (unpaired) electrons. The Balaban J connectivity index is 1.01. The third kappa shape index (κ3) is 6.77. The summed E-state index contributed by atoms with van der Waals surface area (Å²) in [6.07, 6.45) is 6.75. The lowest BCUT2D eigenvalue weighted by molar-refractivity contribution is -0.118. The maximum atomic E-state index is 13.3. The third-order valence-corrected chi connectivity index (χ3v) is 7.99. The van der Waals surface area contributed by atoms with Crippen LogP contribution in [0.2, 0.25) is 0 Å². The minimum Gasteiger partial charge on any atom is -0.497 e. The molecule has 0 saturated carbocycles. The fraction of sp³-hybridized carbons (Fsp3) is 0.484. The number of hydrogen-bond acceptors (Lipinski definition) is 7. The molecular weight excluding hydrogens is 504 g/mol. The van der Waals surface area contributed by atoms with E-state index >= 15 is 0 Å². The molecule has 2 aliphatic rings. The predicted octanol–water partition coefficient (Wildman–Crippen LogP) is 4.80. The van der Waals surface area contributed by atoms with Gasteiger partial charge in [-0.2, -0.15) is 5.10 Å².